The van der Waals surface area contributed by atoms with Crippen LogP contribution in [0.2, 0.25) is 0 Å². The van der Waals surface area contributed by atoms with Crippen molar-refractivity contribution in [2.45, 2.75) is 32.7 Å². The molecule has 1 atom stereocenters. The Morgan fingerprint density at radius 3 is 2.38 bits per heavy atom. The van der Waals surface area contributed by atoms with E-state index >= 15 is 0 Å². The second-order valence-electron chi connectivity index (χ2n) is 7.60. The number of piperazine rings is 1. The van der Waals surface area contributed by atoms with E-state index in [0.29, 0.717) is 0 Å². The van der Waals surface area contributed by atoms with E-state index in [0.717, 1.165) is 60.8 Å². The van der Waals surface area contributed by atoms with Crippen molar-refractivity contribution in [2.24, 2.45) is 5.92 Å². The van der Waals surface area contributed by atoms with Crippen LogP contribution in [0.25, 0.3) is 0 Å². The standard InChI is InChI=1S/C19H27N5/c1-14-11-17(12-20)19(21-15(14)2)24-9-7-23(8-10-24)18-13-22-5-3-16(18)4-6-22/h11,16,18H,3-10,13H2,1-2H3/t18-/m1/s1. The molecule has 0 N–H and O–H groups in total. The van der Waals surface area contributed by atoms with Crippen LogP contribution in [0.1, 0.15) is 29.7 Å². The quantitative estimate of drug-likeness (QED) is 0.829. The number of hydrogen-bond donors (Lipinski definition) is 0. The fraction of sp³-hybridized carbons (Fsp3) is 0.684. The molecule has 1 aromatic heterocycles. The average Bonchev–Trinajstić information content (AvgIpc) is 2.64. The largest absolute Gasteiger partial charge is 0.353 e. The van der Waals surface area contributed by atoms with Crippen molar-refractivity contribution in [2.75, 3.05) is 50.7 Å². The van der Waals surface area contributed by atoms with Crippen LogP contribution in [0.15, 0.2) is 6.07 Å². The second kappa shape index (κ2) is 6.34. The van der Waals surface area contributed by atoms with E-state index in [2.05, 4.69) is 20.8 Å². The van der Waals surface area contributed by atoms with Crippen molar-refractivity contribution in [1.29, 1.82) is 5.26 Å². The van der Waals surface area contributed by atoms with Gasteiger partial charge in [-0.25, -0.2) is 4.98 Å². The molecule has 0 spiro atoms. The van der Waals surface area contributed by atoms with E-state index in [-0.39, 0.29) is 0 Å². The van der Waals surface area contributed by atoms with Gasteiger partial charge >= 0.3 is 0 Å². The smallest absolute Gasteiger partial charge is 0.146 e. The Hall–Kier alpha value is -1.64. The lowest BCUT2D eigenvalue weighted by Crippen LogP contribution is -2.61. The first kappa shape index (κ1) is 15.9. The minimum absolute atomic E-state index is 0.717. The van der Waals surface area contributed by atoms with E-state index in [1.54, 1.807) is 0 Å². The summed E-state index contributed by atoms with van der Waals surface area (Å²) in [4.78, 5) is 12.4. The van der Waals surface area contributed by atoms with Crippen LogP contribution in [0.3, 0.4) is 0 Å². The fourth-order valence-electron chi connectivity index (χ4n) is 4.63. The number of hydrogen-bond acceptors (Lipinski definition) is 5. The Kier molecular flexibility index (Phi) is 4.19. The predicted molar refractivity (Wildman–Crippen MR) is 95.2 cm³/mol. The third kappa shape index (κ3) is 2.78. The monoisotopic (exact) mass is 325 g/mol. The summed E-state index contributed by atoms with van der Waals surface area (Å²) in [5.41, 5.74) is 2.85. The topological polar surface area (TPSA) is 46.4 Å². The van der Waals surface area contributed by atoms with Gasteiger partial charge in [0.1, 0.15) is 11.9 Å². The molecule has 4 aliphatic heterocycles. The van der Waals surface area contributed by atoms with Gasteiger partial charge in [0, 0.05) is 44.5 Å². The fourth-order valence-corrected chi connectivity index (χ4v) is 4.63. The Morgan fingerprint density at radius 2 is 1.79 bits per heavy atom. The molecule has 2 bridgehead atoms. The van der Waals surface area contributed by atoms with Crippen molar-refractivity contribution < 1.29 is 0 Å². The predicted octanol–water partition coefficient (Wildman–Crippen LogP) is 1.79. The molecular formula is C19H27N5. The summed E-state index contributed by atoms with van der Waals surface area (Å²) in [5.74, 6) is 1.78. The van der Waals surface area contributed by atoms with Crippen LogP contribution in [0, 0.1) is 31.1 Å². The van der Waals surface area contributed by atoms with Crippen molar-refractivity contribution in [3.8, 4) is 6.07 Å². The summed E-state index contributed by atoms with van der Waals surface area (Å²) in [6.07, 6.45) is 2.75. The SMILES string of the molecule is Cc1cc(C#N)c(N2CCN([C@@H]3CN4CCC3CC4)CC2)nc1C. The van der Waals surface area contributed by atoms with Crippen LogP contribution in [-0.4, -0.2) is 66.6 Å². The van der Waals surface area contributed by atoms with Gasteiger partial charge in [-0.1, -0.05) is 0 Å². The maximum absolute atomic E-state index is 9.46. The average molecular weight is 325 g/mol. The third-order valence-corrected chi connectivity index (χ3v) is 6.27. The van der Waals surface area contributed by atoms with Crippen molar-refractivity contribution in [3.05, 3.63) is 22.9 Å². The molecule has 5 heterocycles. The number of nitrogens with zero attached hydrogens (tertiary/aromatic N) is 5. The number of anilines is 1. The zero-order valence-electron chi connectivity index (χ0n) is 14.8. The lowest BCUT2D eigenvalue weighted by Gasteiger charge is -2.51. The summed E-state index contributed by atoms with van der Waals surface area (Å²) in [7, 11) is 0. The highest BCUT2D eigenvalue weighted by atomic mass is 15.3. The molecule has 4 aliphatic rings. The van der Waals surface area contributed by atoms with Gasteiger partial charge < -0.3 is 9.80 Å². The third-order valence-electron chi connectivity index (χ3n) is 6.27. The lowest BCUT2D eigenvalue weighted by molar-refractivity contribution is 0.00306. The van der Waals surface area contributed by atoms with Gasteiger partial charge in [-0.15, -0.1) is 0 Å². The number of aryl methyl sites for hydroxylation is 2. The number of aromatic nitrogens is 1. The van der Waals surface area contributed by atoms with E-state index < -0.39 is 0 Å². The molecule has 0 unspecified atom stereocenters. The molecule has 5 nitrogen and oxygen atoms in total. The molecule has 0 radical (unpaired) electrons. The van der Waals surface area contributed by atoms with E-state index in [1.807, 2.05) is 19.9 Å². The van der Waals surface area contributed by atoms with Gasteiger partial charge in [0.25, 0.3) is 0 Å². The van der Waals surface area contributed by atoms with Crippen molar-refractivity contribution in [1.82, 2.24) is 14.8 Å². The molecule has 0 aliphatic carbocycles. The van der Waals surface area contributed by atoms with Crippen molar-refractivity contribution in [3.63, 3.8) is 0 Å². The summed E-state index contributed by atoms with van der Waals surface area (Å²) >= 11 is 0. The summed E-state index contributed by atoms with van der Waals surface area (Å²) in [6.45, 7) is 12.1. The first-order valence-corrected chi connectivity index (χ1v) is 9.25. The maximum atomic E-state index is 9.46. The van der Waals surface area contributed by atoms with Gasteiger partial charge in [0.15, 0.2) is 0 Å². The Labute approximate surface area is 144 Å². The molecule has 0 amide bonds. The zero-order valence-corrected chi connectivity index (χ0v) is 14.8. The molecule has 5 heteroatoms. The summed E-state index contributed by atoms with van der Waals surface area (Å²) in [5, 5.41) is 9.46. The molecule has 0 aromatic carbocycles. The van der Waals surface area contributed by atoms with Gasteiger partial charge in [-0.2, -0.15) is 5.26 Å². The molecule has 5 rings (SSSR count). The number of pyridine rings is 1. The number of piperidine rings is 3. The Morgan fingerprint density at radius 1 is 1.08 bits per heavy atom. The highest BCUT2D eigenvalue weighted by Gasteiger charge is 2.38. The van der Waals surface area contributed by atoms with E-state index in [4.69, 9.17) is 4.98 Å². The molecular weight excluding hydrogens is 298 g/mol. The first-order chi connectivity index (χ1) is 11.7. The lowest BCUT2D eigenvalue weighted by atomic mass is 9.83. The normalized spacial score (nSPS) is 30.4. The van der Waals surface area contributed by atoms with Crippen LogP contribution in [-0.2, 0) is 0 Å². The minimum atomic E-state index is 0.717. The number of nitriles is 1. The molecule has 4 fully saturated rings. The molecule has 0 saturated carbocycles. The van der Waals surface area contributed by atoms with Gasteiger partial charge in [0.05, 0.1) is 5.56 Å². The van der Waals surface area contributed by atoms with Crippen LogP contribution in [0.5, 0.6) is 0 Å². The van der Waals surface area contributed by atoms with Gasteiger partial charge in [-0.05, 0) is 57.3 Å². The summed E-state index contributed by atoms with van der Waals surface area (Å²) in [6, 6.07) is 5.06. The highest BCUT2D eigenvalue weighted by molar-refractivity contribution is 5.56. The van der Waals surface area contributed by atoms with Crippen LogP contribution >= 0.6 is 0 Å². The number of fused-ring (bicyclic) bond motifs is 3. The number of rotatable bonds is 2. The highest BCUT2D eigenvalue weighted by Crippen LogP contribution is 2.32. The molecule has 4 saturated heterocycles. The van der Waals surface area contributed by atoms with Gasteiger partial charge in [0.2, 0.25) is 0 Å². The Bertz CT molecular complexity index is 648. The zero-order chi connectivity index (χ0) is 16.7. The minimum Gasteiger partial charge on any atom is -0.353 e. The second-order valence-corrected chi connectivity index (χ2v) is 7.60. The first-order valence-electron chi connectivity index (χ1n) is 9.25. The molecule has 128 valence electrons. The molecule has 24 heavy (non-hydrogen) atoms. The Balaban J connectivity index is 1.45. The molecule has 1 aromatic rings. The maximum Gasteiger partial charge on any atom is 0.146 e. The van der Waals surface area contributed by atoms with E-state index in [9.17, 15) is 5.26 Å². The van der Waals surface area contributed by atoms with Crippen LogP contribution < -0.4 is 4.90 Å². The van der Waals surface area contributed by atoms with Crippen molar-refractivity contribution >= 4 is 5.82 Å². The summed E-state index contributed by atoms with van der Waals surface area (Å²) < 4.78 is 0. The van der Waals surface area contributed by atoms with Gasteiger partial charge in [-0.3, -0.25) is 4.90 Å². The van der Waals surface area contributed by atoms with E-state index in [1.165, 1.54) is 32.5 Å². The van der Waals surface area contributed by atoms with Crippen LogP contribution in [0.4, 0.5) is 5.82 Å².